The van der Waals surface area contributed by atoms with Crippen LogP contribution in [0.25, 0.3) is 0 Å². The number of benzene rings is 1. The summed E-state index contributed by atoms with van der Waals surface area (Å²) in [6.45, 7) is 0. The second kappa shape index (κ2) is 5.51. The maximum absolute atomic E-state index is 12.0. The second-order valence-electron chi connectivity index (χ2n) is 3.59. The van der Waals surface area contributed by atoms with Gasteiger partial charge < -0.3 is 10.6 Å². The smallest absolute Gasteiger partial charge is 0.274 e. The van der Waals surface area contributed by atoms with Gasteiger partial charge in [0.15, 0.2) is 0 Å². The number of para-hydroxylation sites is 1. The topological polar surface area (TPSA) is 54.0 Å². The van der Waals surface area contributed by atoms with E-state index in [1.165, 1.54) is 0 Å². The van der Waals surface area contributed by atoms with Crippen LogP contribution in [0, 0.1) is 0 Å². The lowest BCUT2D eigenvalue weighted by Gasteiger charge is -2.07. The molecule has 0 aliphatic rings. The minimum atomic E-state index is -0.291. The van der Waals surface area contributed by atoms with Gasteiger partial charge in [0.1, 0.15) is 11.5 Å². The molecule has 5 heteroatoms. The molecule has 0 spiro atoms. The summed E-state index contributed by atoms with van der Waals surface area (Å²) in [6.07, 6.45) is 0. The molecule has 0 aliphatic heterocycles. The van der Waals surface area contributed by atoms with E-state index in [0.29, 0.717) is 22.2 Å². The lowest BCUT2D eigenvalue weighted by Crippen LogP contribution is -2.14. The molecular weight excluding hydrogens is 250 g/mol. The van der Waals surface area contributed by atoms with Gasteiger partial charge in [-0.1, -0.05) is 29.8 Å². The quantitative estimate of drug-likeness (QED) is 0.893. The van der Waals surface area contributed by atoms with E-state index in [-0.39, 0.29) is 5.91 Å². The number of amides is 1. The Morgan fingerprint density at radius 1 is 1.17 bits per heavy atom. The van der Waals surface area contributed by atoms with Gasteiger partial charge in [-0.05, 0) is 24.3 Å². The molecule has 2 N–H and O–H groups in total. The van der Waals surface area contributed by atoms with E-state index in [1.807, 2.05) is 0 Å². The summed E-state index contributed by atoms with van der Waals surface area (Å²) in [6, 6.07) is 12.3. The summed E-state index contributed by atoms with van der Waals surface area (Å²) in [5, 5.41) is 6.09. The van der Waals surface area contributed by atoms with E-state index in [4.69, 9.17) is 11.6 Å². The number of carbonyl (C=O) groups is 1. The zero-order valence-corrected chi connectivity index (χ0v) is 10.5. The lowest BCUT2D eigenvalue weighted by atomic mass is 10.3. The van der Waals surface area contributed by atoms with Gasteiger partial charge in [-0.25, -0.2) is 4.98 Å². The number of aromatic nitrogens is 1. The van der Waals surface area contributed by atoms with Gasteiger partial charge in [-0.3, -0.25) is 4.79 Å². The first-order chi connectivity index (χ1) is 8.70. The molecular formula is C13H12ClN3O. The van der Waals surface area contributed by atoms with E-state index in [2.05, 4.69) is 15.6 Å². The van der Waals surface area contributed by atoms with Gasteiger partial charge in [0, 0.05) is 7.05 Å². The van der Waals surface area contributed by atoms with Crippen LogP contribution >= 0.6 is 11.6 Å². The van der Waals surface area contributed by atoms with Crippen molar-refractivity contribution in [3.05, 3.63) is 53.2 Å². The lowest BCUT2D eigenvalue weighted by molar-refractivity contribution is 0.102. The molecule has 0 saturated heterocycles. The van der Waals surface area contributed by atoms with Crippen LogP contribution in [-0.4, -0.2) is 17.9 Å². The van der Waals surface area contributed by atoms with Crippen molar-refractivity contribution in [2.75, 3.05) is 17.7 Å². The normalized spacial score (nSPS) is 9.89. The predicted molar refractivity (Wildman–Crippen MR) is 73.2 cm³/mol. The summed E-state index contributed by atoms with van der Waals surface area (Å²) in [4.78, 5) is 16.1. The SMILES string of the molecule is CNc1cccc(C(=O)Nc2ccccc2Cl)n1. The van der Waals surface area contributed by atoms with Gasteiger partial charge in [-0.15, -0.1) is 0 Å². The highest BCUT2D eigenvalue weighted by atomic mass is 35.5. The fourth-order valence-corrected chi connectivity index (χ4v) is 1.63. The molecule has 18 heavy (non-hydrogen) atoms. The molecule has 0 fully saturated rings. The fraction of sp³-hybridized carbons (Fsp3) is 0.0769. The fourth-order valence-electron chi connectivity index (χ4n) is 1.45. The van der Waals surface area contributed by atoms with E-state index >= 15 is 0 Å². The molecule has 4 nitrogen and oxygen atoms in total. The van der Waals surface area contributed by atoms with Crippen molar-refractivity contribution >= 4 is 29.0 Å². The summed E-state index contributed by atoms with van der Waals surface area (Å²) < 4.78 is 0. The minimum absolute atomic E-state index is 0.291. The van der Waals surface area contributed by atoms with Crippen LogP contribution in [0.1, 0.15) is 10.5 Å². The third-order valence-corrected chi connectivity index (χ3v) is 2.69. The van der Waals surface area contributed by atoms with Crippen molar-refractivity contribution in [3.8, 4) is 0 Å². The molecule has 0 radical (unpaired) electrons. The average molecular weight is 262 g/mol. The first-order valence-corrected chi connectivity index (χ1v) is 5.79. The minimum Gasteiger partial charge on any atom is -0.373 e. The number of pyridine rings is 1. The molecule has 0 aliphatic carbocycles. The number of halogens is 1. The van der Waals surface area contributed by atoms with Gasteiger partial charge in [0.2, 0.25) is 0 Å². The van der Waals surface area contributed by atoms with Crippen LogP contribution < -0.4 is 10.6 Å². The molecule has 1 aromatic heterocycles. The van der Waals surface area contributed by atoms with Crippen LogP contribution in [0.2, 0.25) is 5.02 Å². The van der Waals surface area contributed by atoms with Crippen LogP contribution in [0.3, 0.4) is 0 Å². The van der Waals surface area contributed by atoms with Crippen LogP contribution in [0.4, 0.5) is 11.5 Å². The van der Waals surface area contributed by atoms with Gasteiger partial charge in [0.25, 0.3) is 5.91 Å². The van der Waals surface area contributed by atoms with Crippen molar-refractivity contribution in [3.63, 3.8) is 0 Å². The highest BCUT2D eigenvalue weighted by Gasteiger charge is 2.09. The van der Waals surface area contributed by atoms with Gasteiger partial charge in [0.05, 0.1) is 10.7 Å². The van der Waals surface area contributed by atoms with Crippen molar-refractivity contribution < 1.29 is 4.79 Å². The molecule has 0 bridgehead atoms. The van der Waals surface area contributed by atoms with E-state index in [1.54, 1.807) is 49.5 Å². The first-order valence-electron chi connectivity index (χ1n) is 5.41. The maximum Gasteiger partial charge on any atom is 0.274 e. The Hall–Kier alpha value is -2.07. The Kier molecular flexibility index (Phi) is 3.79. The zero-order chi connectivity index (χ0) is 13.0. The molecule has 0 atom stereocenters. The molecule has 1 heterocycles. The highest BCUT2D eigenvalue weighted by Crippen LogP contribution is 2.21. The Bertz CT molecular complexity index is 572. The molecule has 0 unspecified atom stereocenters. The Labute approximate surface area is 110 Å². The number of anilines is 2. The number of carbonyl (C=O) groups excluding carboxylic acids is 1. The van der Waals surface area contributed by atoms with Crippen molar-refractivity contribution in [2.45, 2.75) is 0 Å². The van der Waals surface area contributed by atoms with E-state index < -0.39 is 0 Å². The number of nitrogens with one attached hydrogen (secondary N) is 2. The summed E-state index contributed by atoms with van der Waals surface area (Å²) in [5.41, 5.74) is 0.905. The van der Waals surface area contributed by atoms with Crippen LogP contribution in [0.5, 0.6) is 0 Å². The molecule has 92 valence electrons. The summed E-state index contributed by atoms with van der Waals surface area (Å²) in [7, 11) is 1.75. The second-order valence-corrected chi connectivity index (χ2v) is 4.00. The molecule has 0 saturated carbocycles. The third-order valence-electron chi connectivity index (χ3n) is 2.36. The van der Waals surface area contributed by atoms with Crippen molar-refractivity contribution in [2.24, 2.45) is 0 Å². The number of hydrogen-bond donors (Lipinski definition) is 2. The van der Waals surface area contributed by atoms with Crippen molar-refractivity contribution in [1.29, 1.82) is 0 Å². The Morgan fingerprint density at radius 2 is 1.94 bits per heavy atom. The van der Waals surface area contributed by atoms with Gasteiger partial charge in [-0.2, -0.15) is 0 Å². The summed E-state index contributed by atoms with van der Waals surface area (Å²) >= 11 is 5.97. The molecule has 2 rings (SSSR count). The van der Waals surface area contributed by atoms with Crippen LogP contribution in [-0.2, 0) is 0 Å². The first kappa shape index (κ1) is 12.4. The highest BCUT2D eigenvalue weighted by molar-refractivity contribution is 6.33. The largest absolute Gasteiger partial charge is 0.373 e. The van der Waals surface area contributed by atoms with E-state index in [9.17, 15) is 4.79 Å². The number of nitrogens with zero attached hydrogens (tertiary/aromatic N) is 1. The number of rotatable bonds is 3. The molecule has 2 aromatic rings. The summed E-state index contributed by atoms with van der Waals surface area (Å²) in [5.74, 6) is 0.349. The maximum atomic E-state index is 12.0. The Morgan fingerprint density at radius 3 is 2.67 bits per heavy atom. The molecule has 1 aromatic carbocycles. The van der Waals surface area contributed by atoms with E-state index in [0.717, 1.165) is 0 Å². The standard InChI is InChI=1S/C13H12ClN3O/c1-15-12-8-4-7-11(16-12)13(18)17-10-6-3-2-5-9(10)14/h2-8H,1H3,(H,15,16)(H,17,18). The third kappa shape index (κ3) is 2.78. The monoisotopic (exact) mass is 261 g/mol. The van der Waals surface area contributed by atoms with Crippen LogP contribution in [0.15, 0.2) is 42.5 Å². The predicted octanol–water partition coefficient (Wildman–Crippen LogP) is 3.03. The number of hydrogen-bond acceptors (Lipinski definition) is 3. The van der Waals surface area contributed by atoms with Crippen molar-refractivity contribution in [1.82, 2.24) is 4.98 Å². The van der Waals surface area contributed by atoms with Gasteiger partial charge >= 0.3 is 0 Å². The molecule has 1 amide bonds. The Balaban J connectivity index is 2.19. The zero-order valence-electron chi connectivity index (χ0n) is 9.77. The average Bonchev–Trinajstić information content (AvgIpc) is 2.41.